The van der Waals surface area contributed by atoms with Crippen molar-refractivity contribution in [1.82, 2.24) is 10.3 Å². The van der Waals surface area contributed by atoms with Crippen LogP contribution in [0.1, 0.15) is 42.7 Å². The lowest BCUT2D eigenvalue weighted by Gasteiger charge is -2.22. The Labute approximate surface area is 222 Å². The van der Waals surface area contributed by atoms with Crippen molar-refractivity contribution in [2.75, 3.05) is 18.5 Å². The molecule has 0 aliphatic heterocycles. The van der Waals surface area contributed by atoms with Gasteiger partial charge in [-0.2, -0.15) is 0 Å². The zero-order chi connectivity index (χ0) is 27.1. The number of hydrogen-bond donors (Lipinski definition) is 3. The van der Waals surface area contributed by atoms with Crippen LogP contribution < -0.4 is 15.4 Å². The fourth-order valence-corrected chi connectivity index (χ4v) is 4.26. The van der Waals surface area contributed by atoms with Crippen molar-refractivity contribution in [3.8, 4) is 17.2 Å². The summed E-state index contributed by atoms with van der Waals surface area (Å²) in [4.78, 5) is 27.5. The number of aryl methyl sites for hydroxylation is 1. The number of benzene rings is 2. The minimum absolute atomic E-state index is 0.0300. The second-order valence-corrected chi connectivity index (χ2v) is 9.69. The van der Waals surface area contributed by atoms with Crippen LogP contribution in [-0.4, -0.2) is 41.2 Å². The largest absolute Gasteiger partial charge is 0.481 e. The van der Waals surface area contributed by atoms with Crippen molar-refractivity contribution in [3.05, 3.63) is 78.0 Å². The Balaban J connectivity index is 1.37. The first-order valence-corrected chi connectivity index (χ1v) is 12.7. The molecule has 1 amide bonds. The summed E-state index contributed by atoms with van der Waals surface area (Å²) in [5.74, 6) is 0.524. The topological polar surface area (TPSA) is 114 Å². The SMILES string of the molecule is Cc1nc(OC[C@H](CC(C)C)Nc2ccc(C(=O)NCCC(=O)O)cc2)ccc1-c1cc2ccccc2o1. The third-order valence-corrected chi connectivity index (χ3v) is 6.08. The van der Waals surface area contributed by atoms with Gasteiger partial charge in [0, 0.05) is 34.8 Å². The zero-order valence-electron chi connectivity index (χ0n) is 21.9. The Kier molecular flexibility index (Phi) is 8.63. The van der Waals surface area contributed by atoms with Gasteiger partial charge in [-0.15, -0.1) is 0 Å². The summed E-state index contributed by atoms with van der Waals surface area (Å²) in [5, 5.41) is 15.9. The van der Waals surface area contributed by atoms with E-state index in [9.17, 15) is 9.59 Å². The fraction of sp³-hybridized carbons (Fsp3) is 0.300. The summed E-state index contributed by atoms with van der Waals surface area (Å²) in [6, 6.07) is 20.9. The standard InChI is InChI=1S/C30H33N3O5/c1-19(2)16-24(33-23-10-8-21(9-11-23)30(36)31-15-14-29(34)35)18-37-28-13-12-25(20(3)32-28)27-17-22-6-4-5-7-26(22)38-27/h4-13,17,19,24,33H,14-16,18H2,1-3H3,(H,31,36)(H,34,35)/t24-/m0/s1. The minimum atomic E-state index is -0.948. The summed E-state index contributed by atoms with van der Waals surface area (Å²) >= 11 is 0. The Morgan fingerprint density at radius 1 is 1.05 bits per heavy atom. The van der Waals surface area contributed by atoms with Crippen molar-refractivity contribution in [1.29, 1.82) is 0 Å². The molecule has 0 aliphatic carbocycles. The van der Waals surface area contributed by atoms with Gasteiger partial charge in [-0.25, -0.2) is 4.98 Å². The molecule has 198 valence electrons. The first-order valence-electron chi connectivity index (χ1n) is 12.7. The van der Waals surface area contributed by atoms with Crippen LogP contribution >= 0.6 is 0 Å². The van der Waals surface area contributed by atoms with Crippen LogP contribution in [0, 0.1) is 12.8 Å². The Bertz CT molecular complexity index is 1360. The molecule has 0 unspecified atom stereocenters. The van der Waals surface area contributed by atoms with Crippen LogP contribution in [0.25, 0.3) is 22.3 Å². The van der Waals surface area contributed by atoms with E-state index in [1.165, 1.54) is 0 Å². The monoisotopic (exact) mass is 515 g/mol. The number of aromatic nitrogens is 1. The molecule has 1 atom stereocenters. The molecule has 0 bridgehead atoms. The summed E-state index contributed by atoms with van der Waals surface area (Å²) in [6.07, 6.45) is 0.771. The smallest absolute Gasteiger partial charge is 0.305 e. The summed E-state index contributed by atoms with van der Waals surface area (Å²) in [5.41, 5.74) is 3.94. The molecule has 0 fully saturated rings. The average molecular weight is 516 g/mol. The van der Waals surface area contributed by atoms with Gasteiger partial charge in [0.25, 0.3) is 5.91 Å². The molecule has 2 heterocycles. The van der Waals surface area contributed by atoms with Crippen LogP contribution in [-0.2, 0) is 4.79 Å². The molecule has 2 aromatic carbocycles. The highest BCUT2D eigenvalue weighted by molar-refractivity contribution is 5.94. The van der Waals surface area contributed by atoms with E-state index in [4.69, 9.17) is 14.3 Å². The number of aliphatic carboxylic acids is 1. The first kappa shape index (κ1) is 26.7. The number of furan rings is 1. The number of nitrogens with zero attached hydrogens (tertiary/aromatic N) is 1. The first-order chi connectivity index (χ1) is 18.3. The van der Waals surface area contributed by atoms with Gasteiger partial charge in [0.15, 0.2) is 0 Å². The van der Waals surface area contributed by atoms with Crippen molar-refractivity contribution < 1.29 is 23.8 Å². The Hall–Kier alpha value is -4.33. The molecule has 0 spiro atoms. The molecule has 4 rings (SSSR count). The van der Waals surface area contributed by atoms with Crippen molar-refractivity contribution in [2.45, 2.75) is 39.7 Å². The molecule has 0 aliphatic rings. The maximum atomic E-state index is 12.2. The molecule has 3 N–H and O–H groups in total. The number of carbonyl (C=O) groups is 2. The second-order valence-electron chi connectivity index (χ2n) is 9.69. The molecule has 2 aromatic heterocycles. The third kappa shape index (κ3) is 7.12. The van der Waals surface area contributed by atoms with E-state index in [0.717, 1.165) is 40.1 Å². The van der Waals surface area contributed by atoms with Gasteiger partial charge in [0.1, 0.15) is 18.0 Å². The van der Waals surface area contributed by atoms with Gasteiger partial charge in [-0.1, -0.05) is 32.0 Å². The van der Waals surface area contributed by atoms with Crippen molar-refractivity contribution in [3.63, 3.8) is 0 Å². The number of carboxylic acids is 1. The molecule has 8 heteroatoms. The lowest BCUT2D eigenvalue weighted by Crippen LogP contribution is -2.29. The molecule has 0 saturated carbocycles. The summed E-state index contributed by atoms with van der Waals surface area (Å²) < 4.78 is 12.1. The molecule has 0 radical (unpaired) electrons. The van der Waals surface area contributed by atoms with Gasteiger partial charge in [0.05, 0.1) is 18.2 Å². The highest BCUT2D eigenvalue weighted by Gasteiger charge is 2.15. The van der Waals surface area contributed by atoms with E-state index >= 15 is 0 Å². The average Bonchev–Trinajstić information content (AvgIpc) is 3.31. The second kappa shape index (κ2) is 12.3. The van der Waals surface area contributed by atoms with E-state index in [0.29, 0.717) is 24.0 Å². The number of para-hydroxylation sites is 1. The van der Waals surface area contributed by atoms with Gasteiger partial charge in [-0.3, -0.25) is 9.59 Å². The maximum Gasteiger partial charge on any atom is 0.305 e. The van der Waals surface area contributed by atoms with Crippen molar-refractivity contribution >= 4 is 28.5 Å². The zero-order valence-corrected chi connectivity index (χ0v) is 21.9. The maximum absolute atomic E-state index is 12.2. The van der Waals surface area contributed by atoms with Crippen LogP contribution in [0.5, 0.6) is 5.88 Å². The number of amides is 1. The molecule has 38 heavy (non-hydrogen) atoms. The summed E-state index contributed by atoms with van der Waals surface area (Å²) in [6.45, 7) is 6.77. The molecular weight excluding hydrogens is 482 g/mol. The molecule has 8 nitrogen and oxygen atoms in total. The quantitative estimate of drug-likeness (QED) is 0.215. The van der Waals surface area contributed by atoms with Gasteiger partial charge < -0.3 is 24.9 Å². The number of fused-ring (bicyclic) bond motifs is 1. The Morgan fingerprint density at radius 2 is 1.82 bits per heavy atom. The lowest BCUT2D eigenvalue weighted by molar-refractivity contribution is -0.136. The number of carboxylic acid groups (broad SMARTS) is 1. The minimum Gasteiger partial charge on any atom is -0.481 e. The highest BCUT2D eigenvalue weighted by atomic mass is 16.5. The predicted octanol–water partition coefficient (Wildman–Crippen LogP) is 5.91. The molecular formula is C30H33N3O5. The number of carbonyl (C=O) groups excluding carboxylic acids is 1. The number of anilines is 1. The fourth-order valence-electron chi connectivity index (χ4n) is 4.26. The lowest BCUT2D eigenvalue weighted by atomic mass is 10.0. The third-order valence-electron chi connectivity index (χ3n) is 6.08. The highest BCUT2D eigenvalue weighted by Crippen LogP contribution is 2.30. The molecule has 0 saturated heterocycles. The number of pyridine rings is 1. The van der Waals surface area contributed by atoms with E-state index in [1.807, 2.05) is 61.5 Å². The van der Waals surface area contributed by atoms with E-state index in [-0.39, 0.29) is 24.9 Å². The van der Waals surface area contributed by atoms with E-state index in [2.05, 4.69) is 29.5 Å². The summed E-state index contributed by atoms with van der Waals surface area (Å²) in [7, 11) is 0. The number of rotatable bonds is 12. The number of ether oxygens (including phenoxy) is 1. The van der Waals surface area contributed by atoms with Crippen LogP contribution in [0.3, 0.4) is 0 Å². The van der Waals surface area contributed by atoms with Gasteiger partial charge in [0.2, 0.25) is 5.88 Å². The Morgan fingerprint density at radius 3 is 2.50 bits per heavy atom. The van der Waals surface area contributed by atoms with Crippen molar-refractivity contribution in [2.24, 2.45) is 5.92 Å². The van der Waals surface area contributed by atoms with Crippen LogP contribution in [0.4, 0.5) is 5.69 Å². The number of nitrogens with one attached hydrogen (secondary N) is 2. The van der Waals surface area contributed by atoms with Gasteiger partial charge in [-0.05, 0) is 61.7 Å². The van der Waals surface area contributed by atoms with E-state index < -0.39 is 5.97 Å². The number of hydrogen-bond acceptors (Lipinski definition) is 6. The normalized spacial score (nSPS) is 11.9. The van der Waals surface area contributed by atoms with Crippen LogP contribution in [0.15, 0.2) is 71.1 Å². The molecule has 4 aromatic rings. The van der Waals surface area contributed by atoms with E-state index in [1.54, 1.807) is 12.1 Å². The van der Waals surface area contributed by atoms with Gasteiger partial charge >= 0.3 is 5.97 Å². The van der Waals surface area contributed by atoms with Crippen LogP contribution in [0.2, 0.25) is 0 Å². The predicted molar refractivity (Wildman–Crippen MR) is 148 cm³/mol.